The average Bonchev–Trinajstić information content (AvgIpc) is 2.05. The highest BCUT2D eigenvalue weighted by atomic mass is 14.7. The number of hydrogen-bond donors (Lipinski definition) is 2. The Morgan fingerprint density at radius 3 is 2.82 bits per heavy atom. The first-order chi connectivity index (χ1) is 5.22. The van der Waals surface area contributed by atoms with Crippen LogP contribution in [-0.2, 0) is 0 Å². The molecule has 0 bridgehead atoms. The monoisotopic (exact) mass is 150 g/mol. The highest BCUT2D eigenvalue weighted by Crippen LogP contribution is 2.12. The van der Waals surface area contributed by atoms with Gasteiger partial charge in [-0.25, -0.2) is 0 Å². The molecule has 1 aliphatic carbocycles. The van der Waals surface area contributed by atoms with Gasteiger partial charge >= 0.3 is 0 Å². The number of nitrogens with two attached hydrogens (primary N) is 1. The van der Waals surface area contributed by atoms with Gasteiger partial charge in [-0.2, -0.15) is 0 Å². The van der Waals surface area contributed by atoms with E-state index in [0.717, 1.165) is 18.4 Å². The molecule has 1 atom stereocenters. The van der Waals surface area contributed by atoms with Crippen LogP contribution in [0.15, 0.2) is 23.8 Å². The van der Waals surface area contributed by atoms with Gasteiger partial charge in [0.25, 0.3) is 0 Å². The lowest BCUT2D eigenvalue weighted by Gasteiger charge is -2.13. The van der Waals surface area contributed by atoms with Crippen LogP contribution >= 0.6 is 0 Å². The van der Waals surface area contributed by atoms with Crippen LogP contribution < -0.4 is 5.73 Å². The van der Waals surface area contributed by atoms with Gasteiger partial charge in [0.1, 0.15) is 0 Å². The lowest BCUT2D eigenvalue weighted by molar-refractivity contribution is 0.941. The van der Waals surface area contributed by atoms with E-state index in [1.54, 1.807) is 6.92 Å². The van der Waals surface area contributed by atoms with Crippen LogP contribution in [0.3, 0.4) is 0 Å². The fourth-order valence-corrected chi connectivity index (χ4v) is 1.11. The van der Waals surface area contributed by atoms with Crippen molar-refractivity contribution in [3.63, 3.8) is 0 Å². The van der Waals surface area contributed by atoms with Crippen LogP contribution in [0.4, 0.5) is 0 Å². The van der Waals surface area contributed by atoms with Crippen molar-refractivity contribution < 1.29 is 0 Å². The number of hydrogen-bond acceptors (Lipinski definition) is 2. The third-order valence-corrected chi connectivity index (χ3v) is 1.85. The number of allylic oxidation sites excluding steroid dienone is 2. The zero-order chi connectivity index (χ0) is 8.27. The molecule has 0 aliphatic heterocycles. The Morgan fingerprint density at radius 2 is 2.36 bits per heavy atom. The van der Waals surface area contributed by atoms with Crippen molar-refractivity contribution in [2.75, 3.05) is 0 Å². The third kappa shape index (κ3) is 2.02. The average molecular weight is 150 g/mol. The Kier molecular flexibility index (Phi) is 2.60. The number of rotatable bonds is 2. The minimum atomic E-state index is -0.188. The predicted octanol–water partition coefficient (Wildman–Crippen LogP) is 1.63. The molecule has 0 aromatic heterocycles. The maximum Gasteiger partial charge on any atom is 0.0673 e. The van der Waals surface area contributed by atoms with E-state index < -0.39 is 0 Å². The fraction of sp³-hybridized carbons (Fsp3) is 0.444. The maximum absolute atomic E-state index is 7.34. The molecule has 0 fully saturated rings. The van der Waals surface area contributed by atoms with E-state index in [2.05, 4.69) is 12.2 Å². The largest absolute Gasteiger partial charge is 0.319 e. The lowest BCUT2D eigenvalue weighted by Crippen LogP contribution is -2.29. The second kappa shape index (κ2) is 3.49. The first kappa shape index (κ1) is 8.21. The molecule has 1 aliphatic rings. The Hall–Kier alpha value is -0.890. The van der Waals surface area contributed by atoms with Crippen molar-refractivity contribution in [3.8, 4) is 0 Å². The van der Waals surface area contributed by atoms with E-state index in [0.29, 0.717) is 5.71 Å². The van der Waals surface area contributed by atoms with Crippen molar-refractivity contribution in [2.45, 2.75) is 25.8 Å². The van der Waals surface area contributed by atoms with Crippen molar-refractivity contribution in [3.05, 3.63) is 23.8 Å². The van der Waals surface area contributed by atoms with Gasteiger partial charge in [0, 0.05) is 5.71 Å². The zero-order valence-electron chi connectivity index (χ0n) is 6.80. The molecule has 0 spiro atoms. The molecule has 0 aromatic carbocycles. The fourth-order valence-electron chi connectivity index (χ4n) is 1.11. The van der Waals surface area contributed by atoms with E-state index in [1.165, 1.54) is 0 Å². The normalized spacial score (nSPS) is 19.3. The van der Waals surface area contributed by atoms with Gasteiger partial charge < -0.3 is 11.1 Å². The van der Waals surface area contributed by atoms with Gasteiger partial charge in [-0.1, -0.05) is 18.2 Å². The van der Waals surface area contributed by atoms with Gasteiger partial charge in [-0.3, -0.25) is 0 Å². The molecule has 0 aromatic rings. The van der Waals surface area contributed by atoms with Gasteiger partial charge in [0.05, 0.1) is 6.04 Å². The van der Waals surface area contributed by atoms with Crippen LogP contribution in [-0.4, -0.2) is 11.8 Å². The van der Waals surface area contributed by atoms with Gasteiger partial charge in [-0.05, 0) is 25.3 Å². The Balaban J connectivity index is 2.66. The minimum Gasteiger partial charge on any atom is -0.319 e. The highest BCUT2D eigenvalue weighted by Gasteiger charge is 2.09. The van der Waals surface area contributed by atoms with Gasteiger partial charge in [-0.15, -0.1) is 0 Å². The van der Waals surface area contributed by atoms with Gasteiger partial charge in [0.2, 0.25) is 0 Å². The van der Waals surface area contributed by atoms with Crippen molar-refractivity contribution in [2.24, 2.45) is 5.73 Å². The topological polar surface area (TPSA) is 49.9 Å². The molecule has 2 nitrogen and oxygen atoms in total. The second-order valence-electron chi connectivity index (χ2n) is 2.84. The molecule has 1 rings (SSSR count). The summed E-state index contributed by atoms with van der Waals surface area (Å²) in [7, 11) is 0. The summed E-state index contributed by atoms with van der Waals surface area (Å²) < 4.78 is 0. The van der Waals surface area contributed by atoms with E-state index in [-0.39, 0.29) is 6.04 Å². The van der Waals surface area contributed by atoms with Crippen molar-refractivity contribution in [1.29, 1.82) is 5.41 Å². The molecule has 0 heterocycles. The summed E-state index contributed by atoms with van der Waals surface area (Å²) in [5, 5.41) is 7.34. The van der Waals surface area contributed by atoms with Crippen molar-refractivity contribution in [1.82, 2.24) is 0 Å². The highest BCUT2D eigenvalue weighted by molar-refractivity contribution is 5.87. The van der Waals surface area contributed by atoms with Crippen molar-refractivity contribution >= 4 is 5.71 Å². The molecular weight excluding hydrogens is 136 g/mol. The summed E-state index contributed by atoms with van der Waals surface area (Å²) in [5.41, 5.74) is 7.36. The van der Waals surface area contributed by atoms with Crippen LogP contribution in [0, 0.1) is 5.41 Å². The van der Waals surface area contributed by atoms with E-state index in [9.17, 15) is 0 Å². The summed E-state index contributed by atoms with van der Waals surface area (Å²) in [6.07, 6.45) is 8.41. The smallest absolute Gasteiger partial charge is 0.0673 e. The maximum atomic E-state index is 7.34. The first-order valence-corrected chi connectivity index (χ1v) is 3.89. The lowest BCUT2D eigenvalue weighted by atomic mass is 9.98. The minimum absolute atomic E-state index is 0.188. The molecule has 60 valence electrons. The third-order valence-electron chi connectivity index (χ3n) is 1.85. The predicted molar refractivity (Wildman–Crippen MR) is 47.8 cm³/mol. The summed E-state index contributed by atoms with van der Waals surface area (Å²) in [4.78, 5) is 0. The first-order valence-electron chi connectivity index (χ1n) is 3.89. The van der Waals surface area contributed by atoms with Crippen LogP contribution in [0.5, 0.6) is 0 Å². The Morgan fingerprint density at radius 1 is 1.64 bits per heavy atom. The zero-order valence-corrected chi connectivity index (χ0v) is 6.80. The molecule has 1 unspecified atom stereocenters. The molecule has 3 N–H and O–H groups in total. The van der Waals surface area contributed by atoms with E-state index in [1.807, 2.05) is 6.08 Å². The summed E-state index contributed by atoms with van der Waals surface area (Å²) in [6.45, 7) is 1.74. The second-order valence-corrected chi connectivity index (χ2v) is 2.84. The number of nitrogens with one attached hydrogen (secondary N) is 1. The Labute approximate surface area is 67.3 Å². The van der Waals surface area contributed by atoms with E-state index in [4.69, 9.17) is 11.1 Å². The standard InChI is InChI=1S/C9H14N2/c1-7(10)9(11)8-5-3-2-4-6-8/h3,5-6,9-10H,2,4,11H2,1H3. The van der Waals surface area contributed by atoms with Crippen LogP contribution in [0.25, 0.3) is 0 Å². The molecule has 0 saturated heterocycles. The summed E-state index contributed by atoms with van der Waals surface area (Å²) >= 11 is 0. The summed E-state index contributed by atoms with van der Waals surface area (Å²) in [6, 6.07) is -0.188. The van der Waals surface area contributed by atoms with Crippen LogP contribution in [0.2, 0.25) is 0 Å². The molecule has 0 saturated carbocycles. The molecule has 0 amide bonds. The quantitative estimate of drug-likeness (QED) is 0.577. The summed E-state index contributed by atoms with van der Waals surface area (Å²) in [5.74, 6) is 0. The van der Waals surface area contributed by atoms with Gasteiger partial charge in [0.15, 0.2) is 0 Å². The Bertz CT molecular complexity index is 214. The van der Waals surface area contributed by atoms with E-state index >= 15 is 0 Å². The molecular formula is C9H14N2. The SMILES string of the molecule is CC(=N)C(N)C1=CCCC=C1. The van der Waals surface area contributed by atoms with Crippen LogP contribution in [0.1, 0.15) is 19.8 Å². The molecule has 0 radical (unpaired) electrons. The molecule has 2 heteroatoms. The molecule has 11 heavy (non-hydrogen) atoms.